The largest absolute Gasteiger partial charge is 0.480 e. The van der Waals surface area contributed by atoms with E-state index < -0.39 is 11.5 Å². The van der Waals surface area contributed by atoms with Crippen molar-refractivity contribution in [1.82, 2.24) is 15.1 Å². The Balaban J connectivity index is 2.61. The standard InChI is InChI=1S/C14H29N3O2/c1-5-12-11-16(4)8-6-9-17(12)10-7-14(2,15-3)13(18)19/h12,15H,5-11H2,1-4H3,(H,18,19). The van der Waals surface area contributed by atoms with Gasteiger partial charge in [0.05, 0.1) is 0 Å². The van der Waals surface area contributed by atoms with Crippen LogP contribution in [-0.4, -0.2) is 72.7 Å². The number of likely N-dealkylation sites (N-methyl/N-ethyl adjacent to an activating group) is 2. The van der Waals surface area contributed by atoms with Crippen molar-refractivity contribution in [2.75, 3.05) is 40.3 Å². The first kappa shape index (κ1) is 16.4. The number of nitrogens with one attached hydrogen (secondary N) is 1. The maximum atomic E-state index is 11.3. The molecule has 1 aliphatic rings. The summed E-state index contributed by atoms with van der Waals surface area (Å²) in [6, 6.07) is 0.544. The molecule has 0 saturated carbocycles. The van der Waals surface area contributed by atoms with Gasteiger partial charge in [-0.2, -0.15) is 0 Å². The van der Waals surface area contributed by atoms with Crippen LogP contribution in [0, 0.1) is 0 Å². The summed E-state index contributed by atoms with van der Waals surface area (Å²) in [6.45, 7) is 8.11. The number of carboxylic acid groups (broad SMARTS) is 1. The van der Waals surface area contributed by atoms with Crippen LogP contribution >= 0.6 is 0 Å². The van der Waals surface area contributed by atoms with Crippen molar-refractivity contribution in [1.29, 1.82) is 0 Å². The molecule has 0 aromatic carbocycles. The first-order valence-corrected chi connectivity index (χ1v) is 7.28. The van der Waals surface area contributed by atoms with Gasteiger partial charge in [-0.3, -0.25) is 9.69 Å². The Morgan fingerprint density at radius 1 is 1.47 bits per heavy atom. The van der Waals surface area contributed by atoms with Gasteiger partial charge in [-0.05, 0) is 53.4 Å². The van der Waals surface area contributed by atoms with Gasteiger partial charge in [0.2, 0.25) is 0 Å². The minimum Gasteiger partial charge on any atom is -0.480 e. The molecule has 19 heavy (non-hydrogen) atoms. The van der Waals surface area contributed by atoms with Gasteiger partial charge in [0, 0.05) is 19.1 Å². The second-order valence-electron chi connectivity index (χ2n) is 5.85. The van der Waals surface area contributed by atoms with Gasteiger partial charge in [0.25, 0.3) is 0 Å². The zero-order chi connectivity index (χ0) is 14.5. The van der Waals surface area contributed by atoms with Crippen molar-refractivity contribution in [2.45, 2.75) is 44.7 Å². The van der Waals surface area contributed by atoms with Crippen LogP contribution in [-0.2, 0) is 4.79 Å². The van der Waals surface area contributed by atoms with Crippen LogP contribution in [0.2, 0.25) is 0 Å². The van der Waals surface area contributed by atoms with E-state index in [2.05, 4.69) is 29.1 Å². The third-order valence-corrected chi connectivity index (χ3v) is 4.42. The normalized spacial score (nSPS) is 25.8. The van der Waals surface area contributed by atoms with Crippen LogP contribution in [0.1, 0.15) is 33.1 Å². The Bertz CT molecular complexity index is 298. The predicted octanol–water partition coefficient (Wildman–Crippen LogP) is 0.855. The molecular formula is C14H29N3O2. The second-order valence-corrected chi connectivity index (χ2v) is 5.85. The fourth-order valence-corrected chi connectivity index (χ4v) is 2.68. The molecule has 1 saturated heterocycles. The Morgan fingerprint density at radius 3 is 2.68 bits per heavy atom. The summed E-state index contributed by atoms with van der Waals surface area (Å²) < 4.78 is 0. The highest BCUT2D eigenvalue weighted by Crippen LogP contribution is 2.16. The molecule has 0 amide bonds. The number of aliphatic carboxylic acids is 1. The van der Waals surface area contributed by atoms with Crippen LogP contribution in [0.25, 0.3) is 0 Å². The van der Waals surface area contributed by atoms with Crippen molar-refractivity contribution in [3.8, 4) is 0 Å². The van der Waals surface area contributed by atoms with Gasteiger partial charge < -0.3 is 15.3 Å². The number of carbonyl (C=O) groups is 1. The highest BCUT2D eigenvalue weighted by atomic mass is 16.4. The summed E-state index contributed by atoms with van der Waals surface area (Å²) in [5, 5.41) is 12.2. The van der Waals surface area contributed by atoms with Crippen LogP contribution in [0.4, 0.5) is 0 Å². The van der Waals surface area contributed by atoms with Crippen molar-refractivity contribution < 1.29 is 9.90 Å². The number of hydrogen-bond donors (Lipinski definition) is 2. The maximum Gasteiger partial charge on any atom is 0.323 e. The number of rotatable bonds is 6. The van der Waals surface area contributed by atoms with Gasteiger partial charge >= 0.3 is 5.97 Å². The van der Waals surface area contributed by atoms with E-state index in [1.165, 1.54) is 0 Å². The molecule has 112 valence electrons. The third kappa shape index (κ3) is 4.44. The van der Waals surface area contributed by atoms with Crippen LogP contribution in [0.5, 0.6) is 0 Å². The maximum absolute atomic E-state index is 11.3. The van der Waals surface area contributed by atoms with Crippen LogP contribution < -0.4 is 5.32 Å². The van der Waals surface area contributed by atoms with Crippen LogP contribution in [0.15, 0.2) is 0 Å². The fourth-order valence-electron chi connectivity index (χ4n) is 2.68. The van der Waals surface area contributed by atoms with Gasteiger partial charge in [0.15, 0.2) is 0 Å². The number of hydrogen-bond acceptors (Lipinski definition) is 4. The molecule has 0 aromatic rings. The van der Waals surface area contributed by atoms with E-state index in [0.29, 0.717) is 12.5 Å². The van der Waals surface area contributed by atoms with E-state index in [0.717, 1.165) is 39.0 Å². The first-order valence-electron chi connectivity index (χ1n) is 7.28. The Morgan fingerprint density at radius 2 is 2.16 bits per heavy atom. The quantitative estimate of drug-likeness (QED) is 0.750. The molecule has 0 aromatic heterocycles. The minimum absolute atomic E-state index is 0.544. The third-order valence-electron chi connectivity index (χ3n) is 4.42. The first-order chi connectivity index (χ1) is 8.92. The summed E-state index contributed by atoms with van der Waals surface area (Å²) in [5.74, 6) is -0.769. The topological polar surface area (TPSA) is 55.8 Å². The summed E-state index contributed by atoms with van der Waals surface area (Å²) >= 11 is 0. The van der Waals surface area contributed by atoms with Crippen LogP contribution in [0.3, 0.4) is 0 Å². The molecule has 0 radical (unpaired) electrons. The highest BCUT2D eigenvalue weighted by Gasteiger charge is 2.32. The van der Waals surface area contributed by atoms with Gasteiger partial charge in [-0.1, -0.05) is 6.92 Å². The second kappa shape index (κ2) is 7.22. The average Bonchev–Trinajstić information content (AvgIpc) is 2.56. The lowest BCUT2D eigenvalue weighted by molar-refractivity contribution is -0.144. The summed E-state index contributed by atoms with van der Waals surface area (Å²) in [5.41, 5.74) is -0.823. The molecule has 0 spiro atoms. The summed E-state index contributed by atoms with van der Waals surface area (Å²) in [7, 11) is 3.89. The minimum atomic E-state index is -0.823. The van der Waals surface area contributed by atoms with E-state index in [1.54, 1.807) is 14.0 Å². The van der Waals surface area contributed by atoms with E-state index in [1.807, 2.05) is 0 Å². The summed E-state index contributed by atoms with van der Waals surface area (Å²) in [4.78, 5) is 16.1. The van der Waals surface area contributed by atoms with E-state index in [4.69, 9.17) is 0 Å². The molecule has 1 fully saturated rings. The molecule has 2 unspecified atom stereocenters. The molecule has 0 bridgehead atoms. The van der Waals surface area contributed by atoms with E-state index in [-0.39, 0.29) is 0 Å². The molecule has 5 heteroatoms. The number of carboxylic acids is 1. The molecule has 5 nitrogen and oxygen atoms in total. The lowest BCUT2D eigenvalue weighted by Gasteiger charge is -2.33. The Hall–Kier alpha value is -0.650. The average molecular weight is 271 g/mol. The molecule has 1 rings (SSSR count). The molecule has 2 N–H and O–H groups in total. The molecule has 2 atom stereocenters. The zero-order valence-electron chi connectivity index (χ0n) is 12.8. The van der Waals surface area contributed by atoms with Gasteiger partial charge in [-0.25, -0.2) is 0 Å². The summed E-state index contributed by atoms with van der Waals surface area (Å²) in [6.07, 6.45) is 2.92. The lowest BCUT2D eigenvalue weighted by Crippen LogP contribution is -2.51. The SMILES string of the molecule is CCC1CN(C)CCCN1CCC(C)(NC)C(=O)O. The highest BCUT2D eigenvalue weighted by molar-refractivity contribution is 5.78. The predicted molar refractivity (Wildman–Crippen MR) is 77.5 cm³/mol. The van der Waals surface area contributed by atoms with Crippen molar-refractivity contribution in [2.24, 2.45) is 0 Å². The smallest absolute Gasteiger partial charge is 0.323 e. The lowest BCUT2D eigenvalue weighted by atomic mass is 9.97. The Kier molecular flexibility index (Phi) is 6.23. The van der Waals surface area contributed by atoms with Gasteiger partial charge in [0.1, 0.15) is 5.54 Å². The van der Waals surface area contributed by atoms with Crippen molar-refractivity contribution >= 4 is 5.97 Å². The van der Waals surface area contributed by atoms with Crippen molar-refractivity contribution in [3.63, 3.8) is 0 Å². The van der Waals surface area contributed by atoms with E-state index >= 15 is 0 Å². The van der Waals surface area contributed by atoms with E-state index in [9.17, 15) is 9.90 Å². The fraction of sp³-hybridized carbons (Fsp3) is 0.929. The Labute approximate surface area is 117 Å². The molecular weight excluding hydrogens is 242 g/mol. The molecule has 0 aliphatic carbocycles. The number of nitrogens with zero attached hydrogens (tertiary/aromatic N) is 2. The van der Waals surface area contributed by atoms with Gasteiger partial charge in [-0.15, -0.1) is 0 Å². The molecule has 1 heterocycles. The van der Waals surface area contributed by atoms with Crippen molar-refractivity contribution in [3.05, 3.63) is 0 Å². The monoisotopic (exact) mass is 271 g/mol. The molecule has 1 aliphatic heterocycles. The zero-order valence-corrected chi connectivity index (χ0v) is 12.8.